The fourth-order valence-corrected chi connectivity index (χ4v) is 4.30. The SMILES string of the molecule is NC(c1cccc(OC2CC2)c1)C1CCCc2sccc21. The van der Waals surface area contributed by atoms with Crippen LogP contribution in [0.3, 0.4) is 0 Å². The van der Waals surface area contributed by atoms with E-state index in [1.807, 2.05) is 17.4 Å². The Balaban J connectivity index is 1.58. The predicted octanol–water partition coefficient (Wildman–Crippen LogP) is 4.41. The third-order valence-electron chi connectivity index (χ3n) is 4.60. The minimum Gasteiger partial charge on any atom is -0.490 e. The van der Waals surface area contributed by atoms with Crippen LogP contribution in [0.1, 0.15) is 53.6 Å². The lowest BCUT2D eigenvalue weighted by Crippen LogP contribution is -2.22. The molecule has 2 aromatic rings. The second-order valence-electron chi connectivity index (χ2n) is 6.21. The number of aryl methyl sites for hydroxylation is 1. The van der Waals surface area contributed by atoms with E-state index in [1.165, 1.54) is 48.1 Å². The summed E-state index contributed by atoms with van der Waals surface area (Å²) in [5, 5.41) is 2.21. The fraction of sp³-hybridized carbons (Fsp3) is 0.444. The Kier molecular flexibility index (Phi) is 3.48. The normalized spacial score (nSPS) is 22.6. The first-order chi connectivity index (χ1) is 10.3. The molecule has 0 bridgehead atoms. The van der Waals surface area contributed by atoms with Crippen molar-refractivity contribution in [2.75, 3.05) is 0 Å². The molecular weight excluding hydrogens is 278 g/mol. The van der Waals surface area contributed by atoms with Gasteiger partial charge in [0, 0.05) is 16.8 Å². The lowest BCUT2D eigenvalue weighted by Gasteiger charge is -2.28. The van der Waals surface area contributed by atoms with Crippen molar-refractivity contribution in [2.45, 2.75) is 50.2 Å². The lowest BCUT2D eigenvalue weighted by molar-refractivity contribution is 0.302. The van der Waals surface area contributed by atoms with Gasteiger partial charge >= 0.3 is 0 Å². The van der Waals surface area contributed by atoms with Crippen molar-refractivity contribution in [2.24, 2.45) is 5.73 Å². The maximum Gasteiger partial charge on any atom is 0.120 e. The van der Waals surface area contributed by atoms with Gasteiger partial charge in [-0.05, 0) is 66.8 Å². The van der Waals surface area contributed by atoms with E-state index in [0.717, 1.165) is 5.75 Å². The van der Waals surface area contributed by atoms with Crippen LogP contribution in [0, 0.1) is 0 Å². The first-order valence-electron chi connectivity index (χ1n) is 7.90. The molecule has 1 saturated carbocycles. The third kappa shape index (κ3) is 2.72. The quantitative estimate of drug-likeness (QED) is 0.907. The summed E-state index contributed by atoms with van der Waals surface area (Å²) in [5.74, 6) is 1.43. The van der Waals surface area contributed by atoms with Crippen LogP contribution in [0.25, 0.3) is 0 Å². The molecule has 0 aliphatic heterocycles. The van der Waals surface area contributed by atoms with Crippen LogP contribution in [0.15, 0.2) is 35.7 Å². The van der Waals surface area contributed by atoms with E-state index >= 15 is 0 Å². The zero-order chi connectivity index (χ0) is 14.2. The Hall–Kier alpha value is -1.32. The number of hydrogen-bond acceptors (Lipinski definition) is 3. The van der Waals surface area contributed by atoms with Crippen LogP contribution in [0.2, 0.25) is 0 Å². The average molecular weight is 299 g/mol. The van der Waals surface area contributed by atoms with Gasteiger partial charge in [-0.3, -0.25) is 0 Å². The highest BCUT2D eigenvalue weighted by atomic mass is 32.1. The highest BCUT2D eigenvalue weighted by Gasteiger charge is 2.28. The third-order valence-corrected chi connectivity index (χ3v) is 5.60. The smallest absolute Gasteiger partial charge is 0.120 e. The number of thiophene rings is 1. The molecule has 3 heteroatoms. The summed E-state index contributed by atoms with van der Waals surface area (Å²) in [7, 11) is 0. The average Bonchev–Trinajstić information content (AvgIpc) is 3.19. The van der Waals surface area contributed by atoms with E-state index in [2.05, 4.69) is 29.6 Å². The van der Waals surface area contributed by atoms with Gasteiger partial charge in [-0.2, -0.15) is 0 Å². The number of ether oxygens (including phenoxy) is 1. The highest BCUT2D eigenvalue weighted by molar-refractivity contribution is 7.10. The number of rotatable bonds is 4. The Morgan fingerprint density at radius 2 is 2.10 bits per heavy atom. The van der Waals surface area contributed by atoms with Crippen LogP contribution in [0.5, 0.6) is 5.75 Å². The minimum absolute atomic E-state index is 0.0707. The van der Waals surface area contributed by atoms with E-state index in [-0.39, 0.29) is 6.04 Å². The van der Waals surface area contributed by atoms with Gasteiger partial charge in [0.2, 0.25) is 0 Å². The molecule has 1 aromatic heterocycles. The molecule has 1 heterocycles. The summed E-state index contributed by atoms with van der Waals surface area (Å²) >= 11 is 1.88. The molecule has 1 fully saturated rings. The highest BCUT2D eigenvalue weighted by Crippen LogP contribution is 2.41. The molecule has 0 radical (unpaired) electrons. The van der Waals surface area contributed by atoms with Gasteiger partial charge < -0.3 is 10.5 Å². The van der Waals surface area contributed by atoms with Gasteiger partial charge in [-0.25, -0.2) is 0 Å². The first-order valence-corrected chi connectivity index (χ1v) is 8.77. The molecule has 110 valence electrons. The van der Waals surface area contributed by atoms with E-state index in [9.17, 15) is 0 Å². The molecule has 2 aliphatic carbocycles. The molecule has 0 spiro atoms. The molecule has 2 aliphatic rings. The Morgan fingerprint density at radius 1 is 1.19 bits per heavy atom. The topological polar surface area (TPSA) is 35.2 Å². The molecule has 4 rings (SSSR count). The van der Waals surface area contributed by atoms with Crippen molar-refractivity contribution in [3.8, 4) is 5.75 Å². The van der Waals surface area contributed by atoms with Crippen LogP contribution in [-0.4, -0.2) is 6.10 Å². The number of fused-ring (bicyclic) bond motifs is 1. The Labute approximate surface area is 129 Å². The summed E-state index contributed by atoms with van der Waals surface area (Å²) in [4.78, 5) is 1.53. The van der Waals surface area contributed by atoms with Gasteiger partial charge in [0.1, 0.15) is 5.75 Å². The molecular formula is C18H21NOS. The van der Waals surface area contributed by atoms with Gasteiger partial charge in [0.15, 0.2) is 0 Å². The van der Waals surface area contributed by atoms with Crippen molar-refractivity contribution in [1.29, 1.82) is 0 Å². The molecule has 21 heavy (non-hydrogen) atoms. The second kappa shape index (κ2) is 5.47. The predicted molar refractivity (Wildman–Crippen MR) is 87.0 cm³/mol. The summed E-state index contributed by atoms with van der Waals surface area (Å²) in [6, 6.07) is 10.7. The van der Waals surface area contributed by atoms with Crippen LogP contribution < -0.4 is 10.5 Å². The zero-order valence-corrected chi connectivity index (χ0v) is 12.9. The van der Waals surface area contributed by atoms with E-state index in [1.54, 1.807) is 0 Å². The van der Waals surface area contributed by atoms with Crippen molar-refractivity contribution >= 4 is 11.3 Å². The van der Waals surface area contributed by atoms with Gasteiger partial charge in [-0.1, -0.05) is 12.1 Å². The van der Waals surface area contributed by atoms with Crippen molar-refractivity contribution in [3.63, 3.8) is 0 Å². The van der Waals surface area contributed by atoms with Crippen molar-refractivity contribution in [3.05, 3.63) is 51.7 Å². The van der Waals surface area contributed by atoms with Gasteiger partial charge in [0.25, 0.3) is 0 Å². The maximum absolute atomic E-state index is 6.61. The monoisotopic (exact) mass is 299 g/mol. The van der Waals surface area contributed by atoms with Crippen LogP contribution in [-0.2, 0) is 6.42 Å². The molecule has 2 unspecified atom stereocenters. The zero-order valence-electron chi connectivity index (χ0n) is 12.1. The standard InChI is InChI=1S/C18H21NOS/c19-18(16-5-2-6-17-15(16)9-10-21-17)12-3-1-4-14(11-12)20-13-7-8-13/h1,3-4,9-11,13,16,18H,2,5-8,19H2. The lowest BCUT2D eigenvalue weighted by atomic mass is 9.80. The van der Waals surface area contributed by atoms with Gasteiger partial charge in [0.05, 0.1) is 6.10 Å². The molecule has 0 amide bonds. The number of benzene rings is 1. The van der Waals surface area contributed by atoms with Crippen molar-refractivity contribution < 1.29 is 4.74 Å². The fourth-order valence-electron chi connectivity index (χ4n) is 3.30. The molecule has 2 nitrogen and oxygen atoms in total. The second-order valence-corrected chi connectivity index (χ2v) is 7.21. The molecule has 2 atom stereocenters. The summed E-state index contributed by atoms with van der Waals surface area (Å²) in [6.45, 7) is 0. The number of nitrogens with two attached hydrogens (primary N) is 1. The van der Waals surface area contributed by atoms with Crippen molar-refractivity contribution in [1.82, 2.24) is 0 Å². The van der Waals surface area contributed by atoms with Crippen LogP contribution in [0.4, 0.5) is 0 Å². The Morgan fingerprint density at radius 3 is 2.95 bits per heavy atom. The number of hydrogen-bond donors (Lipinski definition) is 1. The molecule has 2 N–H and O–H groups in total. The van der Waals surface area contributed by atoms with E-state index in [4.69, 9.17) is 10.5 Å². The summed E-state index contributed by atoms with van der Waals surface area (Å²) in [6.07, 6.45) is 6.49. The first kappa shape index (κ1) is 13.4. The summed E-state index contributed by atoms with van der Waals surface area (Å²) < 4.78 is 5.90. The van der Waals surface area contributed by atoms with Crippen LogP contribution >= 0.6 is 11.3 Å². The molecule has 0 saturated heterocycles. The summed E-state index contributed by atoms with van der Waals surface area (Å²) in [5.41, 5.74) is 9.29. The van der Waals surface area contributed by atoms with E-state index < -0.39 is 0 Å². The minimum atomic E-state index is 0.0707. The Bertz CT molecular complexity index is 632. The van der Waals surface area contributed by atoms with Gasteiger partial charge in [-0.15, -0.1) is 11.3 Å². The molecule has 1 aromatic carbocycles. The largest absolute Gasteiger partial charge is 0.490 e. The van der Waals surface area contributed by atoms with E-state index in [0.29, 0.717) is 12.0 Å². The maximum atomic E-state index is 6.61.